The second-order valence-electron chi connectivity index (χ2n) is 2.16. The van der Waals surface area contributed by atoms with Crippen LogP contribution in [0.15, 0.2) is 24.1 Å². The van der Waals surface area contributed by atoms with E-state index >= 15 is 0 Å². The maximum Gasteiger partial charge on any atom is 0.109 e. The van der Waals surface area contributed by atoms with Gasteiger partial charge in [-0.2, -0.15) is 0 Å². The van der Waals surface area contributed by atoms with Gasteiger partial charge >= 0.3 is 0 Å². The predicted octanol–water partition coefficient (Wildman–Crippen LogP) is 1.73. The van der Waals surface area contributed by atoms with Crippen LogP contribution < -0.4 is 0 Å². The van der Waals surface area contributed by atoms with Gasteiger partial charge in [-0.05, 0) is 6.08 Å². The van der Waals surface area contributed by atoms with Crippen LogP contribution in [-0.4, -0.2) is 15.9 Å². The Labute approximate surface area is 58.6 Å². The molecular weight excluding hydrogens is 128 g/mol. The zero-order chi connectivity index (χ0) is 7.28. The molecule has 0 saturated carbocycles. The number of rotatable bonds is 3. The van der Waals surface area contributed by atoms with Crippen LogP contribution in [0.5, 0.6) is 0 Å². The molecule has 0 aliphatic heterocycles. The Morgan fingerprint density at radius 3 is 2.22 bits per heavy atom. The van der Waals surface area contributed by atoms with Crippen molar-refractivity contribution in [3.63, 3.8) is 0 Å². The summed E-state index contributed by atoms with van der Waals surface area (Å²) in [6.07, 6.45) is 3.71. The van der Waals surface area contributed by atoms with E-state index in [0.717, 1.165) is 5.38 Å². The van der Waals surface area contributed by atoms with Crippen molar-refractivity contribution in [2.75, 3.05) is 7.11 Å². The topological polar surface area (TPSA) is 9.23 Å². The molecule has 0 unspecified atom stereocenters. The van der Waals surface area contributed by atoms with Crippen molar-refractivity contribution >= 4 is 8.80 Å². The maximum absolute atomic E-state index is 5.10. The monoisotopic (exact) mass is 142 g/mol. The van der Waals surface area contributed by atoms with E-state index < -0.39 is 8.80 Å². The predicted molar refractivity (Wildman–Crippen MR) is 44.2 cm³/mol. The number of methoxy groups -OCH3 is 1. The van der Waals surface area contributed by atoms with Gasteiger partial charge in [-0.25, -0.2) is 0 Å². The first-order valence-corrected chi connectivity index (χ1v) is 5.97. The molecule has 0 aliphatic rings. The smallest absolute Gasteiger partial charge is 0.109 e. The molecule has 0 saturated heterocycles. The molecule has 0 aromatic rings. The van der Waals surface area contributed by atoms with Crippen molar-refractivity contribution in [1.82, 2.24) is 0 Å². The number of hydrogen-bond acceptors (Lipinski definition) is 1. The Bertz CT molecular complexity index is 116. The molecule has 0 aromatic carbocycles. The van der Waals surface area contributed by atoms with Crippen LogP contribution >= 0.6 is 0 Å². The zero-order valence-corrected chi connectivity index (χ0v) is 7.50. The lowest BCUT2D eigenvalue weighted by molar-refractivity contribution is 0.318. The van der Waals surface area contributed by atoms with E-state index in [1.165, 1.54) is 0 Å². The van der Waals surface area contributed by atoms with Crippen LogP contribution in [0.4, 0.5) is 0 Å². The van der Waals surface area contributed by atoms with E-state index in [1.807, 2.05) is 6.08 Å². The lowest BCUT2D eigenvalue weighted by atomic mass is 10.6. The zero-order valence-electron chi connectivity index (χ0n) is 6.35. The van der Waals surface area contributed by atoms with Crippen molar-refractivity contribution in [3.05, 3.63) is 24.1 Å². The first-order chi connectivity index (χ1) is 4.22. The van der Waals surface area contributed by atoms with E-state index in [9.17, 15) is 0 Å². The molecule has 0 aliphatic carbocycles. The largest absolute Gasteiger partial charge is 0.507 e. The molecule has 0 fully saturated rings. The summed E-state index contributed by atoms with van der Waals surface area (Å²) >= 11 is 0. The van der Waals surface area contributed by atoms with E-state index in [4.69, 9.17) is 4.74 Å². The Hall–Kier alpha value is -0.503. The summed E-state index contributed by atoms with van der Waals surface area (Å²) in [5.74, 6) is 0. The summed E-state index contributed by atoms with van der Waals surface area (Å²) < 4.78 is 5.10. The van der Waals surface area contributed by atoms with Crippen LogP contribution in [0.3, 0.4) is 0 Å². The van der Waals surface area contributed by atoms with Crippen LogP contribution in [0.25, 0.3) is 0 Å². The molecule has 0 rings (SSSR count). The summed E-state index contributed by atoms with van der Waals surface area (Å²) in [5, 5.41) is 1.12. The van der Waals surface area contributed by atoms with Gasteiger partial charge in [0.05, 0.1) is 12.5 Å². The molecule has 0 bridgehead atoms. The van der Waals surface area contributed by atoms with Gasteiger partial charge in [0.2, 0.25) is 0 Å². The van der Waals surface area contributed by atoms with Gasteiger partial charge in [-0.15, -0.1) is 0 Å². The summed E-state index contributed by atoms with van der Waals surface area (Å²) in [5.41, 5.74) is 0. The molecule has 0 aromatic heterocycles. The van der Waals surface area contributed by atoms with Gasteiger partial charge in [0.1, 0.15) is 8.80 Å². The normalized spacial score (nSPS) is 11.8. The SMILES string of the molecule is C=CC=C(OC)[SiH](C)C. The van der Waals surface area contributed by atoms with Crippen molar-refractivity contribution < 1.29 is 4.74 Å². The van der Waals surface area contributed by atoms with E-state index in [1.54, 1.807) is 13.2 Å². The summed E-state index contributed by atoms with van der Waals surface area (Å²) in [6, 6.07) is 0. The minimum atomic E-state index is -0.735. The lowest BCUT2D eigenvalue weighted by Crippen LogP contribution is -2.06. The molecule has 52 valence electrons. The van der Waals surface area contributed by atoms with Crippen molar-refractivity contribution in [2.24, 2.45) is 0 Å². The third-order valence-corrected chi connectivity index (χ3v) is 2.65. The molecule has 0 atom stereocenters. The maximum atomic E-state index is 5.10. The van der Waals surface area contributed by atoms with Crippen LogP contribution in [0.2, 0.25) is 13.1 Å². The van der Waals surface area contributed by atoms with Crippen molar-refractivity contribution in [2.45, 2.75) is 13.1 Å². The Balaban J connectivity index is 3.96. The highest BCUT2D eigenvalue weighted by Crippen LogP contribution is 2.00. The first-order valence-electron chi connectivity index (χ1n) is 3.09. The third kappa shape index (κ3) is 3.14. The Kier molecular flexibility index (Phi) is 4.14. The summed E-state index contributed by atoms with van der Waals surface area (Å²) in [6.45, 7) is 8.04. The fourth-order valence-electron chi connectivity index (χ4n) is 0.612. The lowest BCUT2D eigenvalue weighted by Gasteiger charge is -2.06. The molecule has 0 radical (unpaired) electrons. The van der Waals surface area contributed by atoms with Gasteiger partial charge < -0.3 is 4.74 Å². The minimum Gasteiger partial charge on any atom is -0.507 e. The Morgan fingerprint density at radius 1 is 1.56 bits per heavy atom. The average molecular weight is 142 g/mol. The van der Waals surface area contributed by atoms with E-state index in [2.05, 4.69) is 19.7 Å². The van der Waals surface area contributed by atoms with Crippen molar-refractivity contribution in [1.29, 1.82) is 0 Å². The van der Waals surface area contributed by atoms with Crippen LogP contribution in [-0.2, 0) is 4.74 Å². The average Bonchev–Trinajstić information content (AvgIpc) is 1.82. The highest BCUT2D eigenvalue weighted by molar-refractivity contribution is 6.63. The molecular formula is C7H14OSi. The van der Waals surface area contributed by atoms with Gasteiger partial charge in [-0.1, -0.05) is 25.7 Å². The van der Waals surface area contributed by atoms with Crippen LogP contribution in [0, 0.1) is 0 Å². The van der Waals surface area contributed by atoms with Gasteiger partial charge in [0.25, 0.3) is 0 Å². The van der Waals surface area contributed by atoms with Crippen molar-refractivity contribution in [3.8, 4) is 0 Å². The minimum absolute atomic E-state index is 0.735. The fourth-order valence-corrected chi connectivity index (χ4v) is 1.60. The molecule has 0 heterocycles. The quantitative estimate of drug-likeness (QED) is 0.331. The highest BCUT2D eigenvalue weighted by Gasteiger charge is 2.00. The van der Waals surface area contributed by atoms with Crippen LogP contribution in [0.1, 0.15) is 0 Å². The summed E-state index contributed by atoms with van der Waals surface area (Å²) in [7, 11) is 0.975. The second kappa shape index (κ2) is 4.38. The highest BCUT2D eigenvalue weighted by atomic mass is 28.3. The molecule has 2 heteroatoms. The number of ether oxygens (including phenoxy) is 1. The fraction of sp³-hybridized carbons (Fsp3) is 0.429. The van der Waals surface area contributed by atoms with Gasteiger partial charge in [0.15, 0.2) is 0 Å². The van der Waals surface area contributed by atoms with E-state index in [-0.39, 0.29) is 0 Å². The molecule has 0 spiro atoms. The molecule has 1 nitrogen and oxygen atoms in total. The van der Waals surface area contributed by atoms with Gasteiger partial charge in [-0.3, -0.25) is 0 Å². The molecule has 0 amide bonds. The third-order valence-electron chi connectivity index (χ3n) is 1.09. The molecule has 9 heavy (non-hydrogen) atoms. The molecule has 0 N–H and O–H groups in total. The standard InChI is InChI=1S/C7H14OSi/c1-5-6-7(8-2)9(3)4/h5-6,9H,1H2,2-4H3. The van der Waals surface area contributed by atoms with E-state index in [0.29, 0.717) is 0 Å². The second-order valence-corrected chi connectivity index (χ2v) is 5.04. The number of hydrogen-bond donors (Lipinski definition) is 0. The summed E-state index contributed by atoms with van der Waals surface area (Å²) in [4.78, 5) is 0. The first kappa shape index (κ1) is 8.50. The number of allylic oxidation sites excluding steroid dienone is 2. The Morgan fingerprint density at radius 2 is 2.11 bits per heavy atom. The van der Waals surface area contributed by atoms with Gasteiger partial charge in [0, 0.05) is 0 Å².